The Bertz CT molecular complexity index is 763. The van der Waals surface area contributed by atoms with Crippen LogP contribution >= 0.6 is 15.9 Å². The monoisotopic (exact) mass is 300 g/mol. The van der Waals surface area contributed by atoms with Gasteiger partial charge in [0, 0.05) is 4.47 Å². The van der Waals surface area contributed by atoms with E-state index in [4.69, 9.17) is 0 Å². The molecule has 4 heteroatoms. The van der Waals surface area contributed by atoms with Crippen molar-refractivity contribution in [3.63, 3.8) is 0 Å². The fraction of sp³-hybridized carbons (Fsp3) is 0. The van der Waals surface area contributed by atoms with Gasteiger partial charge in [0.25, 0.3) is 5.56 Å². The summed E-state index contributed by atoms with van der Waals surface area (Å²) in [5, 5.41) is 0.628. The Hall–Kier alpha value is -1.94. The molecule has 0 saturated heterocycles. The lowest BCUT2D eigenvalue weighted by molar-refractivity contribution is 0.963. The molecule has 0 aliphatic heterocycles. The molecule has 0 fully saturated rings. The van der Waals surface area contributed by atoms with Crippen molar-refractivity contribution in [1.82, 2.24) is 9.55 Å². The predicted octanol–water partition coefficient (Wildman–Crippen LogP) is 3.15. The van der Waals surface area contributed by atoms with Gasteiger partial charge < -0.3 is 0 Å². The molecule has 0 bridgehead atoms. The smallest absolute Gasteiger partial charge is 0.265 e. The second-order valence-corrected chi connectivity index (χ2v) is 4.83. The lowest BCUT2D eigenvalue weighted by Gasteiger charge is -2.06. The summed E-state index contributed by atoms with van der Waals surface area (Å²) in [6, 6.07) is 14.9. The van der Waals surface area contributed by atoms with Crippen LogP contribution in [0.25, 0.3) is 16.6 Å². The molecule has 0 aliphatic rings. The van der Waals surface area contributed by atoms with E-state index in [1.807, 2.05) is 42.5 Å². The van der Waals surface area contributed by atoms with E-state index in [0.29, 0.717) is 5.39 Å². The van der Waals surface area contributed by atoms with Crippen LogP contribution in [0.4, 0.5) is 0 Å². The first-order valence-electron chi connectivity index (χ1n) is 5.48. The summed E-state index contributed by atoms with van der Waals surface area (Å²) in [4.78, 5) is 16.6. The normalized spacial score (nSPS) is 10.7. The molecule has 0 N–H and O–H groups in total. The van der Waals surface area contributed by atoms with Gasteiger partial charge in [0.2, 0.25) is 0 Å². The summed E-state index contributed by atoms with van der Waals surface area (Å²) in [5.74, 6) is 0. The van der Waals surface area contributed by atoms with Gasteiger partial charge >= 0.3 is 0 Å². The molecule has 0 amide bonds. The molecule has 3 rings (SSSR count). The lowest BCUT2D eigenvalue weighted by Crippen LogP contribution is -2.18. The van der Waals surface area contributed by atoms with Crippen LogP contribution in [-0.2, 0) is 0 Å². The Morgan fingerprint density at radius 1 is 1.00 bits per heavy atom. The SMILES string of the molecule is O=c1c2ccccc2ncn1-c1ccc(Br)cc1. The third-order valence-electron chi connectivity index (χ3n) is 2.77. The summed E-state index contributed by atoms with van der Waals surface area (Å²) in [6.07, 6.45) is 1.56. The van der Waals surface area contributed by atoms with Crippen LogP contribution < -0.4 is 5.56 Å². The molecule has 0 saturated carbocycles. The van der Waals surface area contributed by atoms with Crippen LogP contribution in [0.3, 0.4) is 0 Å². The van der Waals surface area contributed by atoms with Gasteiger partial charge in [0.05, 0.1) is 16.6 Å². The molecule has 1 aromatic heterocycles. The van der Waals surface area contributed by atoms with Crippen molar-refractivity contribution >= 4 is 26.8 Å². The molecular weight excluding hydrogens is 292 g/mol. The maximum Gasteiger partial charge on any atom is 0.265 e. The Labute approximate surface area is 112 Å². The minimum atomic E-state index is -0.0528. The maximum absolute atomic E-state index is 12.3. The van der Waals surface area contributed by atoms with E-state index in [1.165, 1.54) is 0 Å². The molecule has 3 aromatic rings. The van der Waals surface area contributed by atoms with Crippen LogP contribution in [0.5, 0.6) is 0 Å². The van der Waals surface area contributed by atoms with E-state index in [9.17, 15) is 4.79 Å². The molecular formula is C14H9BrN2O. The number of fused-ring (bicyclic) bond motifs is 1. The van der Waals surface area contributed by atoms with Crippen molar-refractivity contribution < 1.29 is 0 Å². The van der Waals surface area contributed by atoms with Gasteiger partial charge in [0.1, 0.15) is 6.33 Å². The minimum Gasteiger partial charge on any atom is -0.268 e. The standard InChI is InChI=1S/C14H9BrN2O/c15-10-5-7-11(8-6-10)17-9-16-13-4-2-1-3-12(13)14(17)18/h1-9H. The molecule has 0 radical (unpaired) electrons. The highest BCUT2D eigenvalue weighted by Crippen LogP contribution is 2.13. The largest absolute Gasteiger partial charge is 0.268 e. The molecule has 88 valence electrons. The molecule has 2 aromatic carbocycles. The molecule has 0 unspecified atom stereocenters. The van der Waals surface area contributed by atoms with Crippen LogP contribution in [0.1, 0.15) is 0 Å². The summed E-state index contributed by atoms with van der Waals surface area (Å²) in [6.45, 7) is 0. The fourth-order valence-electron chi connectivity index (χ4n) is 1.85. The van der Waals surface area contributed by atoms with Gasteiger partial charge in [-0.25, -0.2) is 4.98 Å². The van der Waals surface area contributed by atoms with Gasteiger partial charge in [-0.3, -0.25) is 9.36 Å². The van der Waals surface area contributed by atoms with Crippen LogP contribution in [0.2, 0.25) is 0 Å². The van der Waals surface area contributed by atoms with Crippen LogP contribution in [0, 0.1) is 0 Å². The molecule has 1 heterocycles. The zero-order valence-electron chi connectivity index (χ0n) is 9.38. The maximum atomic E-state index is 12.3. The minimum absolute atomic E-state index is 0.0528. The van der Waals surface area contributed by atoms with Crippen molar-refractivity contribution in [3.8, 4) is 5.69 Å². The first-order chi connectivity index (χ1) is 8.75. The second-order valence-electron chi connectivity index (χ2n) is 3.91. The summed E-state index contributed by atoms with van der Waals surface area (Å²) >= 11 is 3.37. The van der Waals surface area contributed by atoms with E-state index in [1.54, 1.807) is 17.0 Å². The number of aromatic nitrogens is 2. The van der Waals surface area contributed by atoms with Crippen molar-refractivity contribution in [2.45, 2.75) is 0 Å². The molecule has 0 aliphatic carbocycles. The first-order valence-corrected chi connectivity index (χ1v) is 6.27. The number of nitrogens with zero attached hydrogens (tertiary/aromatic N) is 2. The van der Waals surface area contributed by atoms with Crippen molar-refractivity contribution in [1.29, 1.82) is 0 Å². The Morgan fingerprint density at radius 3 is 2.50 bits per heavy atom. The molecule has 0 spiro atoms. The van der Waals surface area contributed by atoms with Crippen LogP contribution in [0.15, 0.2) is 64.1 Å². The highest BCUT2D eigenvalue weighted by atomic mass is 79.9. The zero-order valence-corrected chi connectivity index (χ0v) is 11.0. The van der Waals surface area contributed by atoms with Gasteiger partial charge in [0.15, 0.2) is 0 Å². The average Bonchev–Trinajstić information content (AvgIpc) is 2.41. The zero-order chi connectivity index (χ0) is 12.5. The third kappa shape index (κ3) is 1.84. The van der Waals surface area contributed by atoms with E-state index >= 15 is 0 Å². The molecule has 0 atom stereocenters. The van der Waals surface area contributed by atoms with Crippen molar-refractivity contribution in [2.75, 3.05) is 0 Å². The highest BCUT2D eigenvalue weighted by molar-refractivity contribution is 9.10. The van der Waals surface area contributed by atoms with Crippen molar-refractivity contribution in [3.05, 3.63) is 69.7 Å². The van der Waals surface area contributed by atoms with Gasteiger partial charge in [-0.05, 0) is 36.4 Å². The summed E-state index contributed by atoms with van der Waals surface area (Å²) in [5.41, 5.74) is 1.47. The Kier molecular flexibility index (Phi) is 2.72. The van der Waals surface area contributed by atoms with Gasteiger partial charge in [-0.2, -0.15) is 0 Å². The first kappa shape index (κ1) is 11.2. The lowest BCUT2D eigenvalue weighted by atomic mass is 10.2. The summed E-state index contributed by atoms with van der Waals surface area (Å²) in [7, 11) is 0. The topological polar surface area (TPSA) is 34.9 Å². The number of benzene rings is 2. The predicted molar refractivity (Wildman–Crippen MR) is 75.0 cm³/mol. The van der Waals surface area contributed by atoms with E-state index in [-0.39, 0.29) is 5.56 Å². The number of rotatable bonds is 1. The fourth-order valence-corrected chi connectivity index (χ4v) is 2.12. The number of hydrogen-bond donors (Lipinski definition) is 0. The second kappa shape index (κ2) is 4.38. The Morgan fingerprint density at radius 2 is 1.72 bits per heavy atom. The molecule has 18 heavy (non-hydrogen) atoms. The number of para-hydroxylation sites is 1. The average molecular weight is 301 g/mol. The van der Waals surface area contributed by atoms with Crippen molar-refractivity contribution in [2.24, 2.45) is 0 Å². The number of hydrogen-bond acceptors (Lipinski definition) is 2. The highest BCUT2D eigenvalue weighted by Gasteiger charge is 2.04. The van der Waals surface area contributed by atoms with Gasteiger partial charge in [-0.15, -0.1) is 0 Å². The van der Waals surface area contributed by atoms with E-state index < -0.39 is 0 Å². The summed E-state index contributed by atoms with van der Waals surface area (Å²) < 4.78 is 2.53. The molecule has 3 nitrogen and oxygen atoms in total. The van der Waals surface area contributed by atoms with Crippen LogP contribution in [-0.4, -0.2) is 9.55 Å². The van der Waals surface area contributed by atoms with E-state index in [0.717, 1.165) is 15.7 Å². The third-order valence-corrected chi connectivity index (χ3v) is 3.30. The number of halogens is 1. The Balaban J connectivity index is 2.27. The van der Waals surface area contributed by atoms with E-state index in [2.05, 4.69) is 20.9 Å². The quantitative estimate of drug-likeness (QED) is 0.692. The van der Waals surface area contributed by atoms with Gasteiger partial charge in [-0.1, -0.05) is 28.1 Å².